The molecular weight excluding hydrogens is 536 g/mol. The van der Waals surface area contributed by atoms with Crippen molar-refractivity contribution in [3.05, 3.63) is 95.1 Å². The van der Waals surface area contributed by atoms with Crippen molar-refractivity contribution in [3.8, 4) is 45.6 Å². The maximum atomic E-state index is 13.4. The van der Waals surface area contributed by atoms with Crippen molar-refractivity contribution in [2.45, 2.75) is 12.8 Å². The average molecular weight is 571 g/mol. The molecule has 4 aromatic carbocycles. The minimum atomic E-state index is -0.692. The number of ether oxygens (including phenoxy) is 6. The van der Waals surface area contributed by atoms with Crippen LogP contribution in [0.25, 0.3) is 11.1 Å². The SMILES string of the molecule is COc1ccc(-c2ccc(OC)c(C(=O)C(=O)c3ccc(OC)c(OC)c3)c2)cc1CCc1ccc(OC)c(OC)c1. The molecule has 8 heteroatoms. The summed E-state index contributed by atoms with van der Waals surface area (Å²) < 4.78 is 32.4. The van der Waals surface area contributed by atoms with Crippen molar-refractivity contribution >= 4 is 11.6 Å². The van der Waals surface area contributed by atoms with Gasteiger partial charge in [-0.1, -0.05) is 18.2 Å². The lowest BCUT2D eigenvalue weighted by Crippen LogP contribution is -2.16. The molecule has 0 amide bonds. The molecule has 0 aliphatic heterocycles. The van der Waals surface area contributed by atoms with E-state index in [9.17, 15) is 9.59 Å². The molecule has 0 aliphatic rings. The second-order valence-corrected chi connectivity index (χ2v) is 9.36. The highest BCUT2D eigenvalue weighted by Crippen LogP contribution is 2.33. The third-order valence-corrected chi connectivity index (χ3v) is 7.04. The molecule has 4 rings (SSSR count). The highest BCUT2D eigenvalue weighted by molar-refractivity contribution is 6.49. The van der Waals surface area contributed by atoms with Crippen LogP contribution in [0.4, 0.5) is 0 Å². The minimum Gasteiger partial charge on any atom is -0.496 e. The van der Waals surface area contributed by atoms with Crippen molar-refractivity contribution < 1.29 is 38.0 Å². The van der Waals surface area contributed by atoms with Gasteiger partial charge >= 0.3 is 0 Å². The smallest absolute Gasteiger partial charge is 0.237 e. The molecule has 8 nitrogen and oxygen atoms in total. The van der Waals surface area contributed by atoms with Gasteiger partial charge in [0.15, 0.2) is 23.0 Å². The topological polar surface area (TPSA) is 89.5 Å². The van der Waals surface area contributed by atoms with E-state index in [0.29, 0.717) is 35.2 Å². The molecule has 0 atom stereocenters. The molecule has 0 aliphatic carbocycles. The first kappa shape index (κ1) is 30.0. The largest absolute Gasteiger partial charge is 0.496 e. The number of methoxy groups -OCH3 is 6. The average Bonchev–Trinajstić information content (AvgIpc) is 3.05. The predicted octanol–water partition coefficient (Wildman–Crippen LogP) is 6.26. The summed E-state index contributed by atoms with van der Waals surface area (Å²) >= 11 is 0. The Hall–Kier alpha value is -4.98. The van der Waals surface area contributed by atoms with Gasteiger partial charge in [-0.05, 0) is 89.7 Å². The summed E-state index contributed by atoms with van der Waals surface area (Å²) in [5.74, 6) is 1.86. The minimum absolute atomic E-state index is 0.164. The maximum absolute atomic E-state index is 13.4. The number of hydrogen-bond donors (Lipinski definition) is 0. The molecule has 0 aromatic heterocycles. The van der Waals surface area contributed by atoms with Crippen molar-refractivity contribution in [3.63, 3.8) is 0 Å². The van der Waals surface area contributed by atoms with E-state index in [0.717, 1.165) is 34.4 Å². The van der Waals surface area contributed by atoms with E-state index in [2.05, 4.69) is 0 Å². The van der Waals surface area contributed by atoms with Crippen molar-refractivity contribution in [1.82, 2.24) is 0 Å². The van der Waals surface area contributed by atoms with E-state index in [1.165, 1.54) is 33.5 Å². The van der Waals surface area contributed by atoms with Gasteiger partial charge in [0.2, 0.25) is 11.6 Å². The Bertz CT molecular complexity index is 1590. The van der Waals surface area contributed by atoms with E-state index >= 15 is 0 Å². The molecule has 0 radical (unpaired) electrons. The van der Waals surface area contributed by atoms with E-state index < -0.39 is 11.6 Å². The van der Waals surface area contributed by atoms with Gasteiger partial charge in [-0.15, -0.1) is 0 Å². The number of ketones is 2. The van der Waals surface area contributed by atoms with Crippen molar-refractivity contribution in [1.29, 1.82) is 0 Å². The number of Topliss-reactive ketones (excluding diaryl/α,β-unsaturated/α-hetero) is 2. The first-order chi connectivity index (χ1) is 20.4. The summed E-state index contributed by atoms with van der Waals surface area (Å²) in [5, 5.41) is 0. The summed E-state index contributed by atoms with van der Waals surface area (Å²) in [5.41, 5.74) is 4.06. The quantitative estimate of drug-likeness (QED) is 0.138. The molecule has 0 N–H and O–H groups in total. The Morgan fingerprint density at radius 3 is 1.62 bits per heavy atom. The lowest BCUT2D eigenvalue weighted by Gasteiger charge is -2.14. The van der Waals surface area contributed by atoms with Gasteiger partial charge in [0.05, 0.1) is 48.2 Å². The van der Waals surface area contributed by atoms with Gasteiger partial charge in [-0.2, -0.15) is 0 Å². The van der Waals surface area contributed by atoms with Gasteiger partial charge in [-0.25, -0.2) is 0 Å². The lowest BCUT2D eigenvalue weighted by atomic mass is 9.94. The zero-order valence-electron chi connectivity index (χ0n) is 24.6. The van der Waals surface area contributed by atoms with Crippen LogP contribution in [0.1, 0.15) is 31.8 Å². The Morgan fingerprint density at radius 2 is 1.00 bits per heavy atom. The molecule has 0 saturated heterocycles. The van der Waals surface area contributed by atoms with E-state index in [1.54, 1.807) is 39.5 Å². The van der Waals surface area contributed by atoms with Crippen LogP contribution in [0.5, 0.6) is 34.5 Å². The predicted molar refractivity (Wildman–Crippen MR) is 160 cm³/mol. The lowest BCUT2D eigenvalue weighted by molar-refractivity contribution is 0.0815. The third kappa shape index (κ3) is 6.33. The second kappa shape index (κ2) is 13.6. The second-order valence-electron chi connectivity index (χ2n) is 9.36. The van der Waals surface area contributed by atoms with Gasteiger partial charge in [0.1, 0.15) is 11.5 Å². The van der Waals surface area contributed by atoms with Crippen molar-refractivity contribution in [2.75, 3.05) is 42.7 Å². The Kier molecular flexibility index (Phi) is 9.70. The van der Waals surface area contributed by atoms with Crippen LogP contribution in [0.3, 0.4) is 0 Å². The molecule has 218 valence electrons. The zero-order chi connectivity index (χ0) is 30.2. The van der Waals surface area contributed by atoms with Gasteiger partial charge < -0.3 is 28.4 Å². The molecular formula is C34H34O8. The third-order valence-electron chi connectivity index (χ3n) is 7.04. The Morgan fingerprint density at radius 1 is 0.476 bits per heavy atom. The Balaban J connectivity index is 1.64. The standard InChI is InChI=1S/C34H34O8/c1-37-27-14-10-22(18-24(27)9-7-21-8-13-29(39-3)31(17-21)41-5)23-11-15-28(38-2)26(19-23)34(36)33(35)25-12-16-30(40-4)32(20-25)42-6/h8,10-20H,7,9H2,1-6H3. The molecule has 0 spiro atoms. The van der Waals surface area contributed by atoms with E-state index in [-0.39, 0.29) is 11.1 Å². The van der Waals surface area contributed by atoms with Gasteiger partial charge in [0.25, 0.3) is 0 Å². The van der Waals surface area contributed by atoms with E-state index in [4.69, 9.17) is 28.4 Å². The normalized spacial score (nSPS) is 10.5. The number of hydrogen-bond acceptors (Lipinski definition) is 8. The van der Waals surface area contributed by atoms with Crippen LogP contribution in [-0.2, 0) is 12.8 Å². The van der Waals surface area contributed by atoms with Crippen LogP contribution in [0, 0.1) is 0 Å². The molecule has 0 bridgehead atoms. The first-order valence-electron chi connectivity index (χ1n) is 13.2. The fourth-order valence-corrected chi connectivity index (χ4v) is 4.76. The number of carbonyl (C=O) groups is 2. The summed E-state index contributed by atoms with van der Waals surface area (Å²) in [6.07, 6.45) is 1.44. The molecule has 0 saturated carbocycles. The van der Waals surface area contributed by atoms with Gasteiger partial charge in [-0.3, -0.25) is 9.59 Å². The number of aryl methyl sites for hydroxylation is 2. The molecule has 0 unspecified atom stereocenters. The monoisotopic (exact) mass is 570 g/mol. The first-order valence-corrected chi connectivity index (χ1v) is 13.2. The zero-order valence-corrected chi connectivity index (χ0v) is 24.6. The maximum Gasteiger partial charge on any atom is 0.237 e. The number of carbonyl (C=O) groups excluding carboxylic acids is 2. The molecule has 0 fully saturated rings. The van der Waals surface area contributed by atoms with Crippen LogP contribution in [0.2, 0.25) is 0 Å². The number of benzene rings is 4. The highest BCUT2D eigenvalue weighted by atomic mass is 16.5. The fraction of sp³-hybridized carbons (Fsp3) is 0.235. The number of rotatable bonds is 13. The molecule has 0 heterocycles. The van der Waals surface area contributed by atoms with Crippen LogP contribution in [-0.4, -0.2) is 54.2 Å². The Labute approximate surface area is 245 Å². The van der Waals surface area contributed by atoms with E-state index in [1.807, 2.05) is 42.5 Å². The summed E-state index contributed by atoms with van der Waals surface area (Å²) in [7, 11) is 9.30. The summed E-state index contributed by atoms with van der Waals surface area (Å²) in [4.78, 5) is 26.7. The fourth-order valence-electron chi connectivity index (χ4n) is 4.76. The van der Waals surface area contributed by atoms with Crippen LogP contribution >= 0.6 is 0 Å². The molecule has 4 aromatic rings. The van der Waals surface area contributed by atoms with Crippen molar-refractivity contribution in [2.24, 2.45) is 0 Å². The summed E-state index contributed by atoms with van der Waals surface area (Å²) in [6.45, 7) is 0. The van der Waals surface area contributed by atoms with Crippen LogP contribution in [0.15, 0.2) is 72.8 Å². The summed E-state index contributed by atoms with van der Waals surface area (Å²) in [6, 6.07) is 21.6. The highest BCUT2D eigenvalue weighted by Gasteiger charge is 2.24. The molecule has 42 heavy (non-hydrogen) atoms. The van der Waals surface area contributed by atoms with Crippen LogP contribution < -0.4 is 28.4 Å². The van der Waals surface area contributed by atoms with Gasteiger partial charge in [0, 0.05) is 5.56 Å².